The fourth-order valence-electron chi connectivity index (χ4n) is 2.89. The second-order valence-corrected chi connectivity index (χ2v) is 4.65. The Bertz CT molecular complexity index is 383. The monoisotopic (exact) mass is 223 g/mol. The molecule has 0 bridgehead atoms. The number of aliphatic carboxylic acids is 1. The molecule has 88 valence electrons. The fraction of sp³-hybridized carbons (Fsp3) is 0.667. The van der Waals surface area contributed by atoms with Gasteiger partial charge in [0.1, 0.15) is 5.76 Å². The molecule has 1 aromatic heterocycles. The minimum atomic E-state index is -0.758. The topological polar surface area (TPSA) is 63.3 Å². The zero-order valence-corrected chi connectivity index (χ0v) is 9.75. The molecule has 1 aliphatic carbocycles. The van der Waals surface area contributed by atoms with E-state index in [1.54, 1.807) is 6.92 Å². The summed E-state index contributed by atoms with van der Waals surface area (Å²) in [6.07, 6.45) is 4.46. The summed E-state index contributed by atoms with van der Waals surface area (Å²) in [5.41, 5.74) is 0.772. The van der Waals surface area contributed by atoms with Crippen LogP contribution in [0.1, 0.15) is 49.1 Å². The molecule has 1 aliphatic rings. The van der Waals surface area contributed by atoms with Gasteiger partial charge in [-0.3, -0.25) is 4.79 Å². The van der Waals surface area contributed by atoms with E-state index in [9.17, 15) is 9.90 Å². The third-order valence-corrected chi connectivity index (χ3v) is 3.63. The Morgan fingerprint density at radius 2 is 1.94 bits per heavy atom. The lowest BCUT2D eigenvalue weighted by molar-refractivity contribution is -0.145. The van der Waals surface area contributed by atoms with Crippen LogP contribution in [0.5, 0.6) is 0 Å². The number of carboxylic acids is 1. The number of hydrogen-bond donors (Lipinski definition) is 1. The summed E-state index contributed by atoms with van der Waals surface area (Å²) < 4.78 is 5.11. The molecule has 4 heteroatoms. The molecular weight excluding hydrogens is 206 g/mol. The Kier molecular flexibility index (Phi) is 2.74. The highest BCUT2D eigenvalue weighted by molar-refractivity contribution is 5.82. The molecule has 1 aromatic rings. The molecular formula is C12H17NO3. The molecule has 0 unspecified atom stereocenters. The van der Waals surface area contributed by atoms with E-state index in [1.807, 2.05) is 6.92 Å². The van der Waals surface area contributed by atoms with Crippen LogP contribution >= 0.6 is 0 Å². The van der Waals surface area contributed by atoms with Crippen LogP contribution in [0.25, 0.3) is 0 Å². The number of hydrogen-bond acceptors (Lipinski definition) is 3. The fourth-order valence-corrected chi connectivity index (χ4v) is 2.89. The Morgan fingerprint density at radius 1 is 1.31 bits per heavy atom. The molecule has 1 heterocycles. The first-order chi connectivity index (χ1) is 7.58. The zero-order chi connectivity index (χ0) is 11.8. The highest BCUT2D eigenvalue weighted by atomic mass is 16.5. The second kappa shape index (κ2) is 3.92. The lowest BCUT2D eigenvalue weighted by Gasteiger charge is -2.33. The van der Waals surface area contributed by atoms with Gasteiger partial charge in [-0.15, -0.1) is 0 Å². The van der Waals surface area contributed by atoms with Crippen molar-refractivity contribution in [3.63, 3.8) is 0 Å². The van der Waals surface area contributed by atoms with Crippen molar-refractivity contribution in [1.82, 2.24) is 5.16 Å². The largest absolute Gasteiger partial charge is 0.481 e. The summed E-state index contributed by atoms with van der Waals surface area (Å²) in [6.45, 7) is 3.62. The van der Waals surface area contributed by atoms with Crippen LogP contribution in [0.3, 0.4) is 0 Å². The molecule has 0 amide bonds. The molecule has 1 saturated carbocycles. The number of carbonyl (C=O) groups is 1. The van der Waals surface area contributed by atoms with E-state index >= 15 is 0 Å². The molecule has 0 spiro atoms. The molecule has 2 rings (SSSR count). The Balaban J connectivity index is 2.51. The van der Waals surface area contributed by atoms with E-state index in [1.165, 1.54) is 0 Å². The quantitative estimate of drug-likeness (QED) is 0.837. The first-order valence-corrected chi connectivity index (χ1v) is 5.75. The molecule has 0 aromatic carbocycles. The van der Waals surface area contributed by atoms with Crippen molar-refractivity contribution >= 4 is 5.97 Å². The van der Waals surface area contributed by atoms with E-state index < -0.39 is 11.4 Å². The summed E-state index contributed by atoms with van der Waals surface area (Å²) in [7, 11) is 0. The lowest BCUT2D eigenvalue weighted by atomic mass is 9.69. The van der Waals surface area contributed by atoms with Gasteiger partial charge < -0.3 is 9.63 Å². The van der Waals surface area contributed by atoms with E-state index in [0.29, 0.717) is 18.6 Å². The van der Waals surface area contributed by atoms with Gasteiger partial charge in [0.15, 0.2) is 0 Å². The molecule has 0 aliphatic heterocycles. The average Bonchev–Trinajstić information content (AvgIpc) is 2.60. The van der Waals surface area contributed by atoms with E-state index in [4.69, 9.17) is 4.52 Å². The van der Waals surface area contributed by atoms with Crippen molar-refractivity contribution in [3.8, 4) is 0 Å². The Hall–Kier alpha value is -1.32. The Morgan fingerprint density at radius 3 is 2.38 bits per heavy atom. The van der Waals surface area contributed by atoms with Gasteiger partial charge in [-0.05, 0) is 26.7 Å². The summed E-state index contributed by atoms with van der Waals surface area (Å²) in [5, 5.41) is 13.4. The van der Waals surface area contributed by atoms with Crippen LogP contribution in [0, 0.1) is 13.8 Å². The molecule has 0 atom stereocenters. The maximum atomic E-state index is 11.6. The van der Waals surface area contributed by atoms with Crippen LogP contribution in [0.2, 0.25) is 0 Å². The van der Waals surface area contributed by atoms with E-state index in [2.05, 4.69) is 5.16 Å². The minimum Gasteiger partial charge on any atom is -0.481 e. The van der Waals surface area contributed by atoms with Crippen LogP contribution in [-0.2, 0) is 10.2 Å². The smallest absolute Gasteiger partial charge is 0.314 e. The molecule has 4 nitrogen and oxygen atoms in total. The van der Waals surface area contributed by atoms with Crippen molar-refractivity contribution in [2.24, 2.45) is 0 Å². The van der Waals surface area contributed by atoms with Crippen molar-refractivity contribution in [2.75, 3.05) is 0 Å². The molecule has 0 saturated heterocycles. The van der Waals surface area contributed by atoms with Gasteiger partial charge in [0.2, 0.25) is 0 Å². The van der Waals surface area contributed by atoms with Crippen molar-refractivity contribution in [2.45, 2.75) is 51.4 Å². The first kappa shape index (κ1) is 11.2. The predicted molar refractivity (Wildman–Crippen MR) is 58.4 cm³/mol. The van der Waals surface area contributed by atoms with Gasteiger partial charge in [-0.1, -0.05) is 24.4 Å². The van der Waals surface area contributed by atoms with E-state index in [0.717, 1.165) is 30.5 Å². The normalized spacial score (nSPS) is 19.6. The maximum Gasteiger partial charge on any atom is 0.314 e. The van der Waals surface area contributed by atoms with E-state index in [-0.39, 0.29) is 0 Å². The van der Waals surface area contributed by atoms with Crippen molar-refractivity contribution in [1.29, 1.82) is 0 Å². The first-order valence-electron chi connectivity index (χ1n) is 5.75. The van der Waals surface area contributed by atoms with Gasteiger partial charge in [-0.25, -0.2) is 0 Å². The summed E-state index contributed by atoms with van der Waals surface area (Å²) in [6, 6.07) is 0. The molecule has 1 fully saturated rings. The summed E-state index contributed by atoms with van der Waals surface area (Å²) in [4.78, 5) is 11.6. The van der Waals surface area contributed by atoms with Gasteiger partial charge in [0.25, 0.3) is 0 Å². The Labute approximate surface area is 94.6 Å². The van der Waals surface area contributed by atoms with Gasteiger partial charge >= 0.3 is 5.97 Å². The number of aryl methyl sites for hydroxylation is 2. The standard InChI is InChI=1S/C12H17NO3/c1-8-10(9(2)16-13-8)12(11(14)15)6-4-3-5-7-12/h3-7H2,1-2H3,(H,14,15). The van der Waals surface area contributed by atoms with Gasteiger partial charge in [0, 0.05) is 5.56 Å². The highest BCUT2D eigenvalue weighted by Crippen LogP contribution is 2.42. The number of rotatable bonds is 2. The molecule has 0 radical (unpaired) electrons. The van der Waals surface area contributed by atoms with Crippen LogP contribution in [0.15, 0.2) is 4.52 Å². The number of carboxylic acid groups (broad SMARTS) is 1. The second-order valence-electron chi connectivity index (χ2n) is 4.65. The van der Waals surface area contributed by atoms with Gasteiger partial charge in [-0.2, -0.15) is 0 Å². The van der Waals surface area contributed by atoms with Crippen LogP contribution in [-0.4, -0.2) is 16.2 Å². The predicted octanol–water partition coefficient (Wildman–Crippen LogP) is 2.58. The third kappa shape index (κ3) is 1.52. The number of nitrogens with zero attached hydrogens (tertiary/aromatic N) is 1. The maximum absolute atomic E-state index is 11.6. The average molecular weight is 223 g/mol. The lowest BCUT2D eigenvalue weighted by Crippen LogP contribution is -2.38. The summed E-state index contributed by atoms with van der Waals surface area (Å²) >= 11 is 0. The van der Waals surface area contributed by atoms with Crippen LogP contribution < -0.4 is 0 Å². The van der Waals surface area contributed by atoms with Crippen molar-refractivity contribution < 1.29 is 14.4 Å². The SMILES string of the molecule is Cc1noc(C)c1C1(C(=O)O)CCCCC1. The van der Waals surface area contributed by atoms with Crippen LogP contribution in [0.4, 0.5) is 0 Å². The molecule has 1 N–H and O–H groups in total. The van der Waals surface area contributed by atoms with Gasteiger partial charge in [0.05, 0.1) is 11.1 Å². The molecule has 16 heavy (non-hydrogen) atoms. The number of aromatic nitrogens is 1. The highest BCUT2D eigenvalue weighted by Gasteiger charge is 2.45. The minimum absolute atomic E-state index is 0.654. The van der Waals surface area contributed by atoms with Crippen molar-refractivity contribution in [3.05, 3.63) is 17.0 Å². The summed E-state index contributed by atoms with van der Waals surface area (Å²) in [5.74, 6) is -0.0802. The third-order valence-electron chi connectivity index (χ3n) is 3.63. The zero-order valence-electron chi connectivity index (χ0n) is 9.75.